The van der Waals surface area contributed by atoms with Crippen LogP contribution < -0.4 is 8.61 Å². The van der Waals surface area contributed by atoms with E-state index in [0.29, 0.717) is 0 Å². The van der Waals surface area contributed by atoms with Crippen LogP contribution in [0.1, 0.15) is 11.1 Å². The van der Waals surface area contributed by atoms with E-state index in [1.807, 2.05) is 23.9 Å². The van der Waals surface area contributed by atoms with Crippen LogP contribution in [0.2, 0.25) is 0 Å². The molecule has 0 saturated carbocycles. The minimum atomic E-state index is 1.13. The summed E-state index contributed by atoms with van der Waals surface area (Å²) in [4.78, 5) is 2.82. The second-order valence-electron chi connectivity index (χ2n) is 5.41. The van der Waals surface area contributed by atoms with E-state index in [-0.39, 0.29) is 0 Å². The van der Waals surface area contributed by atoms with Gasteiger partial charge in [0, 0.05) is 13.1 Å². The van der Waals surface area contributed by atoms with Crippen LogP contribution in [0.5, 0.6) is 0 Å². The van der Waals surface area contributed by atoms with Crippen molar-refractivity contribution in [1.82, 2.24) is 0 Å². The monoisotopic (exact) mass is 298 g/mol. The molecule has 0 spiro atoms. The summed E-state index contributed by atoms with van der Waals surface area (Å²) in [5.41, 5.74) is 5.90. The van der Waals surface area contributed by atoms with Crippen molar-refractivity contribution >= 4 is 35.3 Å². The molecule has 0 aliphatic carbocycles. The average Bonchev–Trinajstić information content (AvgIpc) is 3.03. The van der Waals surface area contributed by atoms with Gasteiger partial charge in [-0.1, -0.05) is 24.3 Å². The predicted octanol–water partition coefficient (Wildman–Crippen LogP) is 4.14. The van der Waals surface area contributed by atoms with Gasteiger partial charge < -0.3 is 8.61 Å². The lowest BCUT2D eigenvalue weighted by Gasteiger charge is -2.29. The van der Waals surface area contributed by atoms with Gasteiger partial charge in [-0.25, -0.2) is 0 Å². The van der Waals surface area contributed by atoms with Crippen molar-refractivity contribution in [1.29, 1.82) is 0 Å². The fourth-order valence-corrected chi connectivity index (χ4v) is 5.84. The molecule has 2 nitrogen and oxygen atoms in total. The van der Waals surface area contributed by atoms with E-state index in [1.165, 1.54) is 45.1 Å². The summed E-state index contributed by atoms with van der Waals surface area (Å²) in [6.07, 6.45) is 2.34. The Labute approximate surface area is 127 Å². The molecular weight excluding hydrogens is 284 g/mol. The van der Waals surface area contributed by atoms with Gasteiger partial charge >= 0.3 is 0 Å². The van der Waals surface area contributed by atoms with Gasteiger partial charge in [-0.05, 0) is 60.0 Å². The van der Waals surface area contributed by atoms with Gasteiger partial charge in [0.05, 0.1) is 21.2 Å². The smallest absolute Gasteiger partial charge is 0.0659 e. The average molecular weight is 298 g/mol. The first-order chi connectivity index (χ1) is 9.90. The molecule has 0 aromatic heterocycles. The second-order valence-corrected chi connectivity index (χ2v) is 7.54. The Bertz CT molecular complexity index is 652. The summed E-state index contributed by atoms with van der Waals surface area (Å²) in [5.74, 6) is 0. The highest BCUT2D eigenvalue weighted by molar-refractivity contribution is 8.02. The molecule has 0 atom stereocenters. The summed E-state index contributed by atoms with van der Waals surface area (Å²) in [7, 11) is 0. The fourth-order valence-electron chi connectivity index (χ4n) is 3.34. The Morgan fingerprint density at radius 3 is 1.70 bits per heavy atom. The molecular formula is C16H14N2S2. The van der Waals surface area contributed by atoms with Crippen molar-refractivity contribution in [2.24, 2.45) is 0 Å². The first-order valence-electron chi connectivity index (χ1n) is 7.05. The summed E-state index contributed by atoms with van der Waals surface area (Å²) >= 11 is 3.84. The molecule has 2 aromatic rings. The minimum Gasteiger partial charge on any atom is -0.310 e. The quantitative estimate of drug-likeness (QED) is 0.674. The molecule has 0 fully saturated rings. The van der Waals surface area contributed by atoms with Crippen LogP contribution in [-0.4, -0.2) is 13.1 Å². The maximum absolute atomic E-state index is 2.49. The van der Waals surface area contributed by atoms with Crippen molar-refractivity contribution in [3.8, 4) is 0 Å². The van der Waals surface area contributed by atoms with E-state index in [0.717, 1.165) is 13.1 Å². The zero-order valence-electron chi connectivity index (χ0n) is 11.0. The topological polar surface area (TPSA) is 6.48 Å². The lowest BCUT2D eigenvalue weighted by atomic mass is 10.2. The molecule has 0 bridgehead atoms. The number of hydrogen-bond acceptors (Lipinski definition) is 4. The maximum Gasteiger partial charge on any atom is 0.0659 e. The van der Waals surface area contributed by atoms with E-state index < -0.39 is 0 Å². The first-order valence-corrected chi connectivity index (χ1v) is 8.59. The zero-order valence-corrected chi connectivity index (χ0v) is 12.6. The van der Waals surface area contributed by atoms with E-state index in [9.17, 15) is 0 Å². The largest absolute Gasteiger partial charge is 0.310 e. The second kappa shape index (κ2) is 4.12. The Hall–Kier alpha value is -1.26. The Morgan fingerprint density at radius 2 is 1.20 bits per heavy atom. The van der Waals surface area contributed by atoms with E-state index in [2.05, 4.69) is 45.0 Å². The minimum absolute atomic E-state index is 1.13. The number of benzene rings is 2. The fraction of sp³-hybridized carbons (Fsp3) is 0.250. The van der Waals surface area contributed by atoms with E-state index in [4.69, 9.17) is 0 Å². The zero-order chi connectivity index (χ0) is 13.1. The molecule has 0 amide bonds. The number of hydrogen-bond donors (Lipinski definition) is 0. The first kappa shape index (κ1) is 11.4. The summed E-state index contributed by atoms with van der Waals surface area (Å²) in [6.45, 7) is 2.25. The molecule has 3 aliphatic heterocycles. The number of para-hydroxylation sites is 2. The van der Waals surface area contributed by atoms with Crippen LogP contribution in [0.25, 0.3) is 0 Å². The molecule has 2 aromatic carbocycles. The molecule has 0 radical (unpaired) electrons. The van der Waals surface area contributed by atoms with E-state index in [1.54, 1.807) is 0 Å². The summed E-state index contributed by atoms with van der Waals surface area (Å²) < 4.78 is 4.98. The third-order valence-electron chi connectivity index (χ3n) is 4.25. The van der Waals surface area contributed by atoms with Crippen LogP contribution in [0.15, 0.2) is 46.2 Å². The lowest BCUT2D eigenvalue weighted by molar-refractivity contribution is 1.04. The Balaban J connectivity index is 1.72. The number of rotatable bonds is 0. The Morgan fingerprint density at radius 1 is 0.700 bits per heavy atom. The van der Waals surface area contributed by atoms with E-state index >= 15 is 0 Å². The highest BCUT2D eigenvalue weighted by Gasteiger charge is 2.32. The third kappa shape index (κ3) is 1.49. The van der Waals surface area contributed by atoms with Crippen LogP contribution >= 0.6 is 23.9 Å². The molecule has 20 heavy (non-hydrogen) atoms. The molecule has 0 unspecified atom stereocenters. The predicted molar refractivity (Wildman–Crippen MR) is 86.7 cm³/mol. The Kier molecular flexibility index (Phi) is 2.35. The van der Waals surface area contributed by atoms with Crippen LogP contribution in [0, 0.1) is 0 Å². The molecule has 0 saturated heterocycles. The normalized spacial score (nSPS) is 18.6. The van der Waals surface area contributed by atoms with Crippen LogP contribution in [0.3, 0.4) is 0 Å². The lowest BCUT2D eigenvalue weighted by Crippen LogP contribution is -2.17. The van der Waals surface area contributed by atoms with Gasteiger partial charge in [0.25, 0.3) is 0 Å². The maximum atomic E-state index is 2.49. The number of nitrogens with zero attached hydrogens (tertiary/aromatic N) is 2. The number of anilines is 2. The van der Waals surface area contributed by atoms with Gasteiger partial charge in [-0.3, -0.25) is 0 Å². The molecule has 3 aliphatic rings. The molecule has 5 rings (SSSR count). The van der Waals surface area contributed by atoms with Crippen LogP contribution in [0.4, 0.5) is 11.4 Å². The van der Waals surface area contributed by atoms with Crippen molar-refractivity contribution < 1.29 is 0 Å². The highest BCUT2D eigenvalue weighted by Crippen LogP contribution is 2.51. The van der Waals surface area contributed by atoms with Gasteiger partial charge in [-0.15, -0.1) is 0 Å². The van der Waals surface area contributed by atoms with Crippen LogP contribution in [-0.2, 0) is 12.8 Å². The van der Waals surface area contributed by atoms with Crippen molar-refractivity contribution in [2.75, 3.05) is 21.7 Å². The van der Waals surface area contributed by atoms with Gasteiger partial charge in [-0.2, -0.15) is 0 Å². The standard InChI is InChI=1S/C16H14N2S2/c1-3-11-7-9-17-15(11)13(5-1)19-18-10-8-12-4-2-6-14(20-17)16(12)18/h1-6H,7-10H2. The van der Waals surface area contributed by atoms with Gasteiger partial charge in [0.15, 0.2) is 0 Å². The van der Waals surface area contributed by atoms with Crippen molar-refractivity contribution in [2.45, 2.75) is 22.6 Å². The van der Waals surface area contributed by atoms with Gasteiger partial charge in [0.2, 0.25) is 0 Å². The molecule has 100 valence electrons. The third-order valence-corrected chi connectivity index (χ3v) is 6.47. The van der Waals surface area contributed by atoms with Crippen molar-refractivity contribution in [3.05, 3.63) is 47.5 Å². The molecule has 0 N–H and O–H groups in total. The molecule has 3 heterocycles. The highest BCUT2D eigenvalue weighted by atomic mass is 32.2. The van der Waals surface area contributed by atoms with Crippen molar-refractivity contribution in [3.63, 3.8) is 0 Å². The SMILES string of the molecule is c1cc2c3c(c1)SN1CCc4cccc(c41)SN3CC2. The summed E-state index contributed by atoms with van der Waals surface area (Å²) in [6, 6.07) is 13.5. The summed E-state index contributed by atoms with van der Waals surface area (Å²) in [5, 5.41) is 0. The van der Waals surface area contributed by atoms with Gasteiger partial charge in [0.1, 0.15) is 0 Å². The molecule has 4 heteroatoms.